The van der Waals surface area contributed by atoms with Crippen molar-refractivity contribution in [3.8, 4) is 5.75 Å². The molecule has 0 radical (unpaired) electrons. The highest BCUT2D eigenvalue weighted by Crippen LogP contribution is 2.19. The summed E-state index contributed by atoms with van der Waals surface area (Å²) in [4.78, 5) is 12.0. The minimum atomic E-state index is -0.216. The zero-order valence-electron chi connectivity index (χ0n) is 14.2. The van der Waals surface area contributed by atoms with Gasteiger partial charge in [0.05, 0.1) is 6.10 Å². The number of amides is 2. The van der Waals surface area contributed by atoms with E-state index in [2.05, 4.69) is 22.8 Å². The molecule has 0 spiro atoms. The molecule has 1 aliphatic rings. The summed E-state index contributed by atoms with van der Waals surface area (Å²) in [6, 6.07) is 17.3. The Bertz CT molecular complexity index is 670. The summed E-state index contributed by atoms with van der Waals surface area (Å²) in [5.74, 6) is 0.734. The topological polar surface area (TPSA) is 59.6 Å². The normalized spacial score (nSPS) is 16.4. The third kappa shape index (κ3) is 5.80. The van der Waals surface area contributed by atoms with E-state index in [0.29, 0.717) is 18.8 Å². The number of hydrogen-bond acceptors (Lipinski definition) is 3. The first-order valence-electron chi connectivity index (χ1n) is 8.73. The summed E-state index contributed by atoms with van der Waals surface area (Å²) in [7, 11) is 0. The molecule has 1 aliphatic heterocycles. The molecule has 0 bridgehead atoms. The van der Waals surface area contributed by atoms with Gasteiger partial charge in [0.1, 0.15) is 12.4 Å². The van der Waals surface area contributed by atoms with Gasteiger partial charge < -0.3 is 20.1 Å². The number of nitrogens with one attached hydrogen (secondary N) is 2. The lowest BCUT2D eigenvalue weighted by Gasteiger charge is -2.13. The van der Waals surface area contributed by atoms with Crippen molar-refractivity contribution in [1.29, 1.82) is 0 Å². The van der Waals surface area contributed by atoms with Crippen LogP contribution in [0.2, 0.25) is 0 Å². The molecule has 0 aliphatic carbocycles. The van der Waals surface area contributed by atoms with E-state index in [1.165, 1.54) is 5.56 Å². The number of rotatable bonds is 7. The first-order valence-corrected chi connectivity index (χ1v) is 8.73. The summed E-state index contributed by atoms with van der Waals surface area (Å²) in [5.41, 5.74) is 1.91. The first kappa shape index (κ1) is 17.3. The Morgan fingerprint density at radius 2 is 2.04 bits per heavy atom. The Labute approximate surface area is 148 Å². The highest BCUT2D eigenvalue weighted by Gasteiger charge is 2.16. The van der Waals surface area contributed by atoms with Gasteiger partial charge >= 0.3 is 6.03 Å². The minimum Gasteiger partial charge on any atom is -0.491 e. The number of urea groups is 1. The van der Waals surface area contributed by atoms with Crippen LogP contribution in [0.3, 0.4) is 0 Å². The van der Waals surface area contributed by atoms with Gasteiger partial charge in [-0.05, 0) is 37.0 Å². The molecule has 1 saturated heterocycles. The van der Waals surface area contributed by atoms with Crippen LogP contribution >= 0.6 is 0 Å². The van der Waals surface area contributed by atoms with Gasteiger partial charge in [0, 0.05) is 24.9 Å². The fraction of sp³-hybridized carbons (Fsp3) is 0.350. The zero-order chi connectivity index (χ0) is 17.3. The third-order valence-electron chi connectivity index (χ3n) is 4.09. The quantitative estimate of drug-likeness (QED) is 0.809. The lowest BCUT2D eigenvalue weighted by atomic mass is 10.1. The molecule has 132 valence electrons. The van der Waals surface area contributed by atoms with E-state index in [1.807, 2.05) is 42.5 Å². The Morgan fingerprint density at radius 3 is 2.84 bits per heavy atom. The summed E-state index contributed by atoms with van der Waals surface area (Å²) >= 11 is 0. The summed E-state index contributed by atoms with van der Waals surface area (Å²) in [6.45, 7) is 1.95. The average Bonchev–Trinajstić information content (AvgIpc) is 3.15. The van der Waals surface area contributed by atoms with Gasteiger partial charge in [-0.2, -0.15) is 0 Å². The van der Waals surface area contributed by atoms with Crippen molar-refractivity contribution in [2.75, 3.05) is 25.1 Å². The van der Waals surface area contributed by atoms with E-state index in [4.69, 9.17) is 9.47 Å². The summed E-state index contributed by atoms with van der Waals surface area (Å²) in [5, 5.41) is 5.70. The van der Waals surface area contributed by atoms with Gasteiger partial charge in [-0.3, -0.25) is 0 Å². The molecule has 1 atom stereocenters. The molecule has 2 aromatic carbocycles. The van der Waals surface area contributed by atoms with Crippen LogP contribution in [-0.2, 0) is 11.2 Å². The van der Waals surface area contributed by atoms with Gasteiger partial charge in [0.25, 0.3) is 0 Å². The van der Waals surface area contributed by atoms with Crippen LogP contribution in [0, 0.1) is 0 Å². The molecular formula is C20H24N2O3. The number of anilines is 1. The predicted octanol–water partition coefficient (Wildman–Crippen LogP) is 3.61. The molecule has 2 amide bonds. The maximum absolute atomic E-state index is 12.0. The monoisotopic (exact) mass is 340 g/mol. The predicted molar refractivity (Wildman–Crippen MR) is 98.1 cm³/mol. The Morgan fingerprint density at radius 1 is 1.16 bits per heavy atom. The molecular weight excluding hydrogens is 316 g/mol. The van der Waals surface area contributed by atoms with Crippen LogP contribution in [0.15, 0.2) is 54.6 Å². The van der Waals surface area contributed by atoms with E-state index in [9.17, 15) is 4.79 Å². The van der Waals surface area contributed by atoms with Crippen molar-refractivity contribution in [1.82, 2.24) is 5.32 Å². The number of carbonyl (C=O) groups is 1. The van der Waals surface area contributed by atoms with Gasteiger partial charge in [0.15, 0.2) is 0 Å². The smallest absolute Gasteiger partial charge is 0.319 e. The van der Waals surface area contributed by atoms with Crippen molar-refractivity contribution >= 4 is 11.7 Å². The minimum absolute atomic E-state index is 0.179. The van der Waals surface area contributed by atoms with Crippen molar-refractivity contribution in [2.45, 2.75) is 25.4 Å². The van der Waals surface area contributed by atoms with Crippen LogP contribution in [-0.4, -0.2) is 31.9 Å². The van der Waals surface area contributed by atoms with Crippen molar-refractivity contribution < 1.29 is 14.3 Å². The second-order valence-electron chi connectivity index (χ2n) is 6.09. The fourth-order valence-electron chi connectivity index (χ4n) is 2.77. The van der Waals surface area contributed by atoms with Crippen molar-refractivity contribution in [2.24, 2.45) is 0 Å². The molecule has 25 heavy (non-hydrogen) atoms. The first-order chi connectivity index (χ1) is 12.3. The van der Waals surface area contributed by atoms with Crippen LogP contribution in [0.1, 0.15) is 18.4 Å². The molecule has 3 rings (SSSR count). The van der Waals surface area contributed by atoms with Gasteiger partial charge in [-0.15, -0.1) is 0 Å². The molecule has 1 heterocycles. The molecule has 5 nitrogen and oxygen atoms in total. The summed E-state index contributed by atoms with van der Waals surface area (Å²) < 4.78 is 11.3. The van der Waals surface area contributed by atoms with Gasteiger partial charge in [-0.1, -0.05) is 36.4 Å². The van der Waals surface area contributed by atoms with E-state index in [0.717, 1.165) is 31.6 Å². The molecule has 1 fully saturated rings. The lowest BCUT2D eigenvalue weighted by Crippen LogP contribution is -2.30. The molecule has 0 aromatic heterocycles. The lowest BCUT2D eigenvalue weighted by molar-refractivity contribution is 0.0680. The molecule has 2 N–H and O–H groups in total. The van der Waals surface area contributed by atoms with E-state index in [1.54, 1.807) is 0 Å². The second kappa shape index (κ2) is 9.08. The Kier molecular flexibility index (Phi) is 6.29. The molecule has 5 heteroatoms. The van der Waals surface area contributed by atoms with E-state index in [-0.39, 0.29) is 12.1 Å². The number of carbonyl (C=O) groups excluding carboxylic acids is 1. The number of ether oxygens (including phenoxy) is 2. The Hall–Kier alpha value is -2.53. The van der Waals surface area contributed by atoms with Crippen LogP contribution in [0.4, 0.5) is 10.5 Å². The van der Waals surface area contributed by atoms with E-state index < -0.39 is 0 Å². The van der Waals surface area contributed by atoms with Crippen LogP contribution in [0.25, 0.3) is 0 Å². The van der Waals surface area contributed by atoms with Crippen LogP contribution in [0.5, 0.6) is 5.75 Å². The van der Waals surface area contributed by atoms with Gasteiger partial charge in [0.2, 0.25) is 0 Å². The van der Waals surface area contributed by atoms with Gasteiger partial charge in [-0.25, -0.2) is 4.79 Å². The number of hydrogen-bond donors (Lipinski definition) is 2. The number of benzene rings is 2. The highest BCUT2D eigenvalue weighted by molar-refractivity contribution is 5.89. The maximum atomic E-state index is 12.0. The van der Waals surface area contributed by atoms with Crippen molar-refractivity contribution in [3.05, 3.63) is 60.2 Å². The third-order valence-corrected chi connectivity index (χ3v) is 4.09. The molecule has 2 aromatic rings. The fourth-order valence-corrected chi connectivity index (χ4v) is 2.77. The van der Waals surface area contributed by atoms with Crippen LogP contribution < -0.4 is 15.4 Å². The zero-order valence-corrected chi connectivity index (χ0v) is 14.2. The average molecular weight is 340 g/mol. The second-order valence-corrected chi connectivity index (χ2v) is 6.09. The highest BCUT2D eigenvalue weighted by atomic mass is 16.5. The molecule has 1 unspecified atom stereocenters. The summed E-state index contributed by atoms with van der Waals surface area (Å²) in [6.07, 6.45) is 3.12. The largest absolute Gasteiger partial charge is 0.491 e. The Balaban J connectivity index is 1.42. The standard InChI is InChI=1S/C20H24N2O3/c23-20(21-12-11-16-6-2-1-3-7-16)22-17-8-4-9-18(14-17)25-15-19-10-5-13-24-19/h1-4,6-9,14,19H,5,10-13,15H2,(H2,21,22,23). The van der Waals surface area contributed by atoms with Crippen molar-refractivity contribution in [3.63, 3.8) is 0 Å². The molecule has 0 saturated carbocycles. The maximum Gasteiger partial charge on any atom is 0.319 e. The van der Waals surface area contributed by atoms with E-state index >= 15 is 0 Å². The SMILES string of the molecule is O=C(NCCc1ccccc1)Nc1cccc(OCC2CCCO2)c1.